The number of carbonyl (C=O) groups excluding carboxylic acids is 1. The van der Waals surface area contributed by atoms with Gasteiger partial charge in [-0.15, -0.1) is 16.4 Å². The molecule has 10 nitrogen and oxygen atoms in total. The van der Waals surface area contributed by atoms with Crippen LogP contribution in [0.25, 0.3) is 22.2 Å². The summed E-state index contributed by atoms with van der Waals surface area (Å²) in [4.78, 5) is 29.9. The van der Waals surface area contributed by atoms with Crippen LogP contribution in [0.15, 0.2) is 87.9 Å². The number of hydrogen-bond acceptors (Lipinski definition) is 8. The Morgan fingerprint density at radius 2 is 1.82 bits per heavy atom. The average molecular weight is 545 g/mol. The third-order valence-corrected chi connectivity index (χ3v) is 8.82. The highest BCUT2D eigenvalue weighted by atomic mass is 32.2. The minimum Gasteiger partial charge on any atom is -0.300 e. The van der Waals surface area contributed by atoms with E-state index in [1.165, 1.54) is 15.6 Å². The minimum absolute atomic E-state index is 0.258. The van der Waals surface area contributed by atoms with Crippen molar-refractivity contribution in [3.63, 3.8) is 0 Å². The van der Waals surface area contributed by atoms with Crippen molar-refractivity contribution in [1.82, 2.24) is 20.0 Å². The van der Waals surface area contributed by atoms with Crippen molar-refractivity contribution in [3.05, 3.63) is 94.1 Å². The standard InChI is InChI=1S/C26H20N6O4S2/c33-24(15-31-25(34)20-8-4-5-9-21(20)29-30-31)28-26-27-22(16-37-26)17-10-11-23-18(14-17)12-13-32(23)38(35,36)19-6-2-1-3-7-19/h1-11,14,16H,12-13,15H2,(H,27,28,33). The van der Waals surface area contributed by atoms with Gasteiger partial charge in [-0.3, -0.25) is 13.9 Å². The lowest BCUT2D eigenvalue weighted by molar-refractivity contribution is -0.117. The van der Waals surface area contributed by atoms with Crippen LogP contribution in [0.5, 0.6) is 0 Å². The van der Waals surface area contributed by atoms with Crippen molar-refractivity contribution >= 4 is 49.0 Å². The zero-order chi connectivity index (χ0) is 26.3. The van der Waals surface area contributed by atoms with Crippen LogP contribution in [0.3, 0.4) is 0 Å². The Morgan fingerprint density at radius 1 is 1.03 bits per heavy atom. The Morgan fingerprint density at radius 3 is 2.66 bits per heavy atom. The van der Waals surface area contributed by atoms with E-state index < -0.39 is 21.5 Å². The molecule has 0 bridgehead atoms. The first kappa shape index (κ1) is 23.9. The Hall–Kier alpha value is -4.42. The van der Waals surface area contributed by atoms with Gasteiger partial charge >= 0.3 is 0 Å². The van der Waals surface area contributed by atoms with E-state index in [1.807, 2.05) is 17.5 Å². The normalized spacial score (nSPS) is 13.0. The summed E-state index contributed by atoms with van der Waals surface area (Å²) in [7, 11) is -3.64. The first-order valence-corrected chi connectivity index (χ1v) is 14.0. The number of rotatable bonds is 6. The number of carbonyl (C=O) groups is 1. The van der Waals surface area contributed by atoms with Crippen LogP contribution in [-0.4, -0.2) is 40.8 Å². The van der Waals surface area contributed by atoms with Gasteiger partial charge in [-0.25, -0.2) is 18.1 Å². The second kappa shape index (κ2) is 9.47. The van der Waals surface area contributed by atoms with Gasteiger partial charge < -0.3 is 5.32 Å². The maximum absolute atomic E-state index is 13.1. The molecule has 0 spiro atoms. The van der Waals surface area contributed by atoms with Gasteiger partial charge in [0.25, 0.3) is 15.6 Å². The predicted octanol–water partition coefficient (Wildman–Crippen LogP) is 3.31. The largest absolute Gasteiger partial charge is 0.300 e. The van der Waals surface area contributed by atoms with Gasteiger partial charge in [0.2, 0.25) is 5.91 Å². The second-order valence-electron chi connectivity index (χ2n) is 8.64. The molecule has 6 rings (SSSR count). The molecule has 0 aliphatic carbocycles. The van der Waals surface area contributed by atoms with E-state index in [2.05, 4.69) is 20.6 Å². The van der Waals surface area contributed by atoms with Crippen LogP contribution in [0.2, 0.25) is 0 Å². The van der Waals surface area contributed by atoms with Crippen LogP contribution < -0.4 is 15.2 Å². The molecule has 0 saturated heterocycles. The first-order valence-electron chi connectivity index (χ1n) is 11.7. The molecule has 0 radical (unpaired) electrons. The number of fused-ring (bicyclic) bond motifs is 2. The van der Waals surface area contributed by atoms with Gasteiger partial charge in [-0.05, 0) is 48.4 Å². The van der Waals surface area contributed by atoms with Gasteiger partial charge in [0, 0.05) is 17.5 Å². The molecule has 0 atom stereocenters. The third kappa shape index (κ3) is 4.33. The molecule has 2 aromatic heterocycles. The van der Waals surface area contributed by atoms with Gasteiger partial charge in [-0.2, -0.15) is 0 Å². The summed E-state index contributed by atoms with van der Waals surface area (Å²) in [6, 6.07) is 20.7. The Bertz CT molecular complexity index is 1850. The van der Waals surface area contributed by atoms with Crippen molar-refractivity contribution in [3.8, 4) is 11.3 Å². The average Bonchev–Trinajstić information content (AvgIpc) is 3.58. The van der Waals surface area contributed by atoms with Crippen LogP contribution in [-0.2, 0) is 27.8 Å². The molecule has 1 amide bonds. The third-order valence-electron chi connectivity index (χ3n) is 6.23. The SMILES string of the molecule is O=C(Cn1nnc2ccccc2c1=O)Nc1nc(-c2ccc3c(c2)CCN3S(=O)(=O)c2ccccc2)cs1. The summed E-state index contributed by atoms with van der Waals surface area (Å²) in [6.07, 6.45) is 0.588. The van der Waals surface area contributed by atoms with Crippen LogP contribution in [0, 0.1) is 0 Å². The lowest BCUT2D eigenvalue weighted by Crippen LogP contribution is -2.30. The molecule has 0 saturated carbocycles. The summed E-state index contributed by atoms with van der Waals surface area (Å²) < 4.78 is 28.7. The fraction of sp³-hybridized carbons (Fsp3) is 0.115. The fourth-order valence-corrected chi connectivity index (χ4v) is 6.65. The fourth-order valence-electron chi connectivity index (χ4n) is 4.39. The van der Waals surface area contributed by atoms with Gasteiger partial charge in [-0.1, -0.05) is 41.6 Å². The van der Waals surface area contributed by atoms with E-state index >= 15 is 0 Å². The lowest BCUT2D eigenvalue weighted by atomic mass is 10.1. The van der Waals surface area contributed by atoms with Crippen LogP contribution in [0.4, 0.5) is 10.8 Å². The zero-order valence-corrected chi connectivity index (χ0v) is 21.4. The highest BCUT2D eigenvalue weighted by Crippen LogP contribution is 2.36. The molecule has 0 unspecified atom stereocenters. The molecule has 3 heterocycles. The molecule has 1 N–H and O–H groups in total. The number of aromatic nitrogens is 4. The van der Waals surface area contributed by atoms with E-state index in [9.17, 15) is 18.0 Å². The van der Waals surface area contributed by atoms with Crippen molar-refractivity contribution in [2.45, 2.75) is 17.9 Å². The zero-order valence-electron chi connectivity index (χ0n) is 19.8. The maximum atomic E-state index is 13.1. The highest BCUT2D eigenvalue weighted by molar-refractivity contribution is 7.92. The molecule has 190 valence electrons. The molecule has 1 aliphatic heterocycles. The lowest BCUT2D eigenvalue weighted by Gasteiger charge is -2.19. The molecule has 0 fully saturated rings. The monoisotopic (exact) mass is 544 g/mol. The maximum Gasteiger partial charge on any atom is 0.278 e. The van der Waals surface area contributed by atoms with Gasteiger partial charge in [0.1, 0.15) is 12.1 Å². The number of sulfonamides is 1. The van der Waals surface area contributed by atoms with Crippen LogP contribution >= 0.6 is 11.3 Å². The minimum atomic E-state index is -3.64. The number of amides is 1. The van der Waals surface area contributed by atoms with Crippen molar-refractivity contribution < 1.29 is 13.2 Å². The van der Waals surface area contributed by atoms with E-state index in [1.54, 1.807) is 60.7 Å². The summed E-state index contributed by atoms with van der Waals surface area (Å²) in [6.45, 7) is 0.0710. The molecular formula is C26H20N6O4S2. The molecule has 1 aliphatic rings. The van der Waals surface area contributed by atoms with Crippen molar-refractivity contribution in [1.29, 1.82) is 0 Å². The summed E-state index contributed by atoms with van der Waals surface area (Å²) in [5.74, 6) is -0.451. The number of anilines is 2. The molecule has 38 heavy (non-hydrogen) atoms. The van der Waals surface area contributed by atoms with E-state index in [4.69, 9.17) is 0 Å². The molecule has 5 aromatic rings. The molecule has 3 aromatic carbocycles. The van der Waals surface area contributed by atoms with Gasteiger partial charge in [0.05, 0.1) is 21.7 Å². The Labute approximate surface area is 221 Å². The number of nitrogens with one attached hydrogen (secondary N) is 1. The van der Waals surface area contributed by atoms with Crippen molar-refractivity contribution in [2.24, 2.45) is 0 Å². The Kier molecular flexibility index (Phi) is 5.97. The summed E-state index contributed by atoms with van der Waals surface area (Å²) >= 11 is 1.25. The number of thiazole rings is 1. The van der Waals surface area contributed by atoms with E-state index in [0.29, 0.717) is 40.4 Å². The first-order chi connectivity index (χ1) is 18.4. The number of hydrogen-bond donors (Lipinski definition) is 1. The summed E-state index contributed by atoms with van der Waals surface area (Å²) in [5, 5.41) is 13.1. The number of nitrogens with zero attached hydrogens (tertiary/aromatic N) is 5. The summed E-state index contributed by atoms with van der Waals surface area (Å²) in [5.41, 5.74) is 3.11. The Balaban J connectivity index is 1.18. The van der Waals surface area contributed by atoms with Gasteiger partial charge in [0.15, 0.2) is 5.13 Å². The quantitative estimate of drug-likeness (QED) is 0.347. The highest BCUT2D eigenvalue weighted by Gasteiger charge is 2.31. The van der Waals surface area contributed by atoms with E-state index in [-0.39, 0.29) is 11.4 Å². The molecular weight excluding hydrogens is 524 g/mol. The molecule has 12 heteroatoms. The predicted molar refractivity (Wildman–Crippen MR) is 145 cm³/mol. The van der Waals surface area contributed by atoms with E-state index in [0.717, 1.165) is 15.8 Å². The second-order valence-corrected chi connectivity index (χ2v) is 11.4. The number of benzene rings is 3. The topological polar surface area (TPSA) is 127 Å². The smallest absolute Gasteiger partial charge is 0.278 e. The van der Waals surface area contributed by atoms with Crippen LogP contribution in [0.1, 0.15) is 5.56 Å². The van der Waals surface area contributed by atoms with Crippen molar-refractivity contribution in [2.75, 3.05) is 16.2 Å².